The Labute approximate surface area is 356 Å². The quantitative estimate of drug-likeness (QED) is 0.326. The van der Waals surface area contributed by atoms with E-state index in [2.05, 4.69) is 10.6 Å². The summed E-state index contributed by atoms with van der Waals surface area (Å²) in [6.07, 6.45) is 0.128. The van der Waals surface area contributed by atoms with Crippen molar-refractivity contribution in [2.75, 3.05) is 27.7 Å². The van der Waals surface area contributed by atoms with Crippen molar-refractivity contribution in [1.82, 2.24) is 25.3 Å². The smallest absolute Gasteiger partial charge is 0.334 e. The maximum Gasteiger partial charge on any atom is 0.334 e. The Hall–Kier alpha value is -4.79. The van der Waals surface area contributed by atoms with Crippen LogP contribution in [0.25, 0.3) is 0 Å². The molecule has 0 saturated carbocycles. The van der Waals surface area contributed by atoms with E-state index in [1.807, 2.05) is 45.9 Å². The maximum atomic E-state index is 14.2. The molecule has 0 spiro atoms. The Morgan fingerprint density at radius 2 is 1.35 bits per heavy atom. The molecule has 0 bridgehead atoms. The third-order valence-electron chi connectivity index (χ3n) is 12.1. The van der Waals surface area contributed by atoms with Crippen LogP contribution in [-0.4, -0.2) is 131 Å². The molecule has 1 heterocycles. The van der Waals surface area contributed by atoms with Gasteiger partial charge < -0.3 is 39.9 Å². The fourth-order valence-electron chi connectivity index (χ4n) is 6.93. The zero-order chi connectivity index (χ0) is 45.6. The lowest BCUT2D eigenvalue weighted by atomic mass is 9.86. The summed E-state index contributed by atoms with van der Waals surface area (Å²) in [5, 5.41) is 16.8. The van der Waals surface area contributed by atoms with Crippen molar-refractivity contribution >= 4 is 41.5 Å². The summed E-state index contributed by atoms with van der Waals surface area (Å²) < 4.78 is 11.8. The molecule has 5 amide bonds. The second-order valence-electron chi connectivity index (χ2n) is 16.7. The molecule has 11 atom stereocenters. The largest absolute Gasteiger partial charge is 0.460 e. The van der Waals surface area contributed by atoms with E-state index in [1.54, 1.807) is 32.9 Å². The first-order valence-electron chi connectivity index (χ1n) is 21.3. The SMILES string of the molecule is CC[C@@H](C)[C@@H]1NC(=O)CN(C)C(=O)C(Cc2ccccc2)N(C)C(=O)[C@H](C)NC(=O)C([C@@H](C)CC)OC(=O)/C(C)=C/C[C@H](O)[C@H](C)[C@H]([C@@H](C)CC)OC(=O)[C@H](C)N(C)C1=O. The first kappa shape index (κ1) is 51.4. The van der Waals surface area contributed by atoms with Gasteiger partial charge in [-0.2, -0.15) is 0 Å². The zero-order valence-electron chi connectivity index (χ0n) is 38.0. The summed E-state index contributed by atoms with van der Waals surface area (Å²) >= 11 is 0. The van der Waals surface area contributed by atoms with E-state index in [4.69, 9.17) is 9.47 Å². The molecule has 0 aromatic heterocycles. The molecule has 0 fully saturated rings. The van der Waals surface area contributed by atoms with Crippen LogP contribution in [0.5, 0.6) is 0 Å². The first-order valence-corrected chi connectivity index (χ1v) is 21.3. The average molecular weight is 842 g/mol. The highest BCUT2D eigenvalue weighted by Crippen LogP contribution is 2.26. The van der Waals surface area contributed by atoms with Crippen LogP contribution in [0.2, 0.25) is 0 Å². The van der Waals surface area contributed by atoms with Crippen molar-refractivity contribution in [3.63, 3.8) is 0 Å². The van der Waals surface area contributed by atoms with Crippen LogP contribution in [0.15, 0.2) is 42.0 Å². The monoisotopic (exact) mass is 842 g/mol. The third kappa shape index (κ3) is 13.9. The predicted octanol–water partition coefficient (Wildman–Crippen LogP) is 3.66. The molecule has 2 unspecified atom stereocenters. The van der Waals surface area contributed by atoms with Gasteiger partial charge in [0.05, 0.1) is 12.6 Å². The van der Waals surface area contributed by atoms with Crippen LogP contribution in [0, 0.1) is 23.7 Å². The number of likely N-dealkylation sites (N-methyl/N-ethyl adjacent to an activating group) is 3. The molecule has 1 aromatic rings. The third-order valence-corrected chi connectivity index (χ3v) is 12.1. The van der Waals surface area contributed by atoms with Crippen LogP contribution in [-0.2, 0) is 49.5 Å². The van der Waals surface area contributed by atoms with Gasteiger partial charge in [-0.15, -0.1) is 0 Å². The van der Waals surface area contributed by atoms with Gasteiger partial charge in [0.1, 0.15) is 30.3 Å². The van der Waals surface area contributed by atoms with Crippen molar-refractivity contribution in [3.05, 3.63) is 47.5 Å². The number of cyclic esters (lactones) is 2. The maximum absolute atomic E-state index is 14.2. The Morgan fingerprint density at radius 3 is 1.92 bits per heavy atom. The van der Waals surface area contributed by atoms with Crippen molar-refractivity contribution in [1.29, 1.82) is 0 Å². The summed E-state index contributed by atoms with van der Waals surface area (Å²) in [5.41, 5.74) is 0.889. The van der Waals surface area contributed by atoms with Crippen molar-refractivity contribution in [2.24, 2.45) is 23.7 Å². The molecule has 2 rings (SSSR count). The summed E-state index contributed by atoms with van der Waals surface area (Å²) in [6, 6.07) is 4.67. The number of hydrogen-bond donors (Lipinski definition) is 3. The standard InChI is InChI=1S/C45H71N5O10/c1-14-26(4)37-43(56)49(12)32(10)45(58)59-38(27(5)15-2)30(8)35(51)23-22-29(7)44(57)60-39(28(6)16-3)40(53)46-31(9)41(54)50(13)34(24-33-20-18-17-19-21-33)42(55)48(11)25-36(52)47-37/h17-22,26-28,30-32,34-35,37-39,51H,14-16,23-25H2,1-13H3,(H,46,53)(H,47,52)/b29-22+/t26-,27+,28+,30+,31+,32+,34?,35+,37+,38+,39?/m1/s1. The van der Waals surface area contributed by atoms with Crippen LogP contribution in [0.1, 0.15) is 100 Å². The molecule has 15 nitrogen and oxygen atoms in total. The normalized spacial score (nSPS) is 29.4. The van der Waals surface area contributed by atoms with Crippen LogP contribution in [0.4, 0.5) is 0 Å². The summed E-state index contributed by atoms with van der Waals surface area (Å²) in [6.45, 7) is 16.9. The fraction of sp³-hybridized carbons (Fsp3) is 0.667. The van der Waals surface area contributed by atoms with Crippen molar-refractivity contribution < 1.29 is 48.1 Å². The van der Waals surface area contributed by atoms with Gasteiger partial charge in [-0.1, -0.05) is 97.7 Å². The lowest BCUT2D eigenvalue weighted by molar-refractivity contribution is -0.166. The predicted molar refractivity (Wildman–Crippen MR) is 228 cm³/mol. The molecule has 15 heteroatoms. The molecule has 0 aliphatic carbocycles. The highest BCUT2D eigenvalue weighted by Gasteiger charge is 2.39. The average Bonchev–Trinajstić information content (AvgIpc) is 3.24. The number of esters is 2. The molecule has 1 aromatic carbocycles. The number of hydrogen-bond acceptors (Lipinski definition) is 10. The van der Waals surface area contributed by atoms with E-state index >= 15 is 0 Å². The number of carbonyl (C=O) groups excluding carboxylic acids is 7. The number of carbonyl (C=O) groups is 7. The molecule has 0 radical (unpaired) electrons. The van der Waals surface area contributed by atoms with Crippen LogP contribution < -0.4 is 10.6 Å². The van der Waals surface area contributed by atoms with Gasteiger partial charge in [0, 0.05) is 45.0 Å². The van der Waals surface area contributed by atoms with E-state index in [0.717, 1.165) is 5.56 Å². The molecule has 1 aliphatic heterocycles. The van der Waals surface area contributed by atoms with E-state index in [0.29, 0.717) is 19.3 Å². The van der Waals surface area contributed by atoms with Gasteiger partial charge in [-0.3, -0.25) is 24.0 Å². The summed E-state index contributed by atoms with van der Waals surface area (Å²) in [7, 11) is 4.33. The number of benzene rings is 1. The highest BCUT2D eigenvalue weighted by atomic mass is 16.6. The summed E-state index contributed by atoms with van der Waals surface area (Å²) in [4.78, 5) is 100. The van der Waals surface area contributed by atoms with E-state index < -0.39 is 102 Å². The van der Waals surface area contributed by atoms with Gasteiger partial charge in [-0.25, -0.2) is 9.59 Å². The Kier molecular flexibility index (Phi) is 20.4. The van der Waals surface area contributed by atoms with Crippen LogP contribution in [0.3, 0.4) is 0 Å². The molecular weight excluding hydrogens is 771 g/mol. The van der Waals surface area contributed by atoms with Gasteiger partial charge in [0.15, 0.2) is 6.10 Å². The minimum Gasteiger partial charge on any atom is -0.460 e. The lowest BCUT2D eigenvalue weighted by Gasteiger charge is -2.35. The van der Waals surface area contributed by atoms with E-state index in [9.17, 15) is 38.7 Å². The van der Waals surface area contributed by atoms with E-state index in [-0.39, 0.29) is 30.3 Å². The first-order chi connectivity index (χ1) is 28.1. The number of amides is 5. The Balaban J connectivity index is 2.66. The van der Waals surface area contributed by atoms with Crippen molar-refractivity contribution in [3.8, 4) is 0 Å². The highest BCUT2D eigenvalue weighted by molar-refractivity contribution is 5.96. The van der Waals surface area contributed by atoms with Crippen molar-refractivity contribution in [2.45, 2.75) is 144 Å². The van der Waals surface area contributed by atoms with Crippen LogP contribution >= 0.6 is 0 Å². The molecule has 1 aliphatic rings. The summed E-state index contributed by atoms with van der Waals surface area (Å²) in [5.74, 6) is -6.06. The molecule has 0 saturated heterocycles. The molecule has 60 heavy (non-hydrogen) atoms. The number of nitrogens with zero attached hydrogens (tertiary/aromatic N) is 3. The Morgan fingerprint density at radius 1 is 0.767 bits per heavy atom. The second-order valence-corrected chi connectivity index (χ2v) is 16.7. The van der Waals surface area contributed by atoms with Gasteiger partial charge in [-0.05, 0) is 51.0 Å². The van der Waals surface area contributed by atoms with E-state index in [1.165, 1.54) is 62.7 Å². The van der Waals surface area contributed by atoms with Gasteiger partial charge >= 0.3 is 11.9 Å². The second kappa shape index (κ2) is 23.9. The van der Waals surface area contributed by atoms with Gasteiger partial charge in [0.2, 0.25) is 23.6 Å². The Bertz CT molecular complexity index is 1670. The lowest BCUT2D eigenvalue weighted by Crippen LogP contribution is -2.58. The number of rotatable bonds is 8. The topological polar surface area (TPSA) is 192 Å². The number of aliphatic hydroxyl groups is 1. The molecule has 3 N–H and O–H groups in total. The van der Waals surface area contributed by atoms with Gasteiger partial charge in [0.25, 0.3) is 5.91 Å². The number of aliphatic hydroxyl groups excluding tert-OH is 1. The zero-order valence-corrected chi connectivity index (χ0v) is 38.0. The molecule has 336 valence electrons. The number of nitrogens with one attached hydrogen (secondary N) is 2. The number of ether oxygens (including phenoxy) is 2. The minimum atomic E-state index is -1.26. The minimum absolute atomic E-state index is 0.00688. The fourth-order valence-corrected chi connectivity index (χ4v) is 6.93. The molecular formula is C45H71N5O10.